The minimum atomic E-state index is -0.371. The van der Waals surface area contributed by atoms with Gasteiger partial charge in [-0.3, -0.25) is 4.79 Å². The van der Waals surface area contributed by atoms with E-state index in [1.54, 1.807) is 13.0 Å². The van der Waals surface area contributed by atoms with E-state index in [0.29, 0.717) is 28.1 Å². The Morgan fingerprint density at radius 3 is 2.62 bits per heavy atom. The lowest BCUT2D eigenvalue weighted by Crippen LogP contribution is -2.30. The van der Waals surface area contributed by atoms with E-state index in [2.05, 4.69) is 15.5 Å². The molecule has 0 spiro atoms. The fourth-order valence-corrected chi connectivity index (χ4v) is 3.34. The van der Waals surface area contributed by atoms with Gasteiger partial charge < -0.3 is 11.2 Å². The van der Waals surface area contributed by atoms with Crippen LogP contribution in [0, 0.1) is 0 Å². The Hall–Kier alpha value is -2.51. The third kappa shape index (κ3) is 4.17. The third-order valence-corrected chi connectivity index (χ3v) is 5.13. The molecule has 1 aromatic heterocycles. The van der Waals surface area contributed by atoms with Crippen LogP contribution in [0.3, 0.4) is 0 Å². The Morgan fingerprint density at radius 1 is 1.19 bits per heavy atom. The molecule has 1 amide bonds. The van der Waals surface area contributed by atoms with E-state index in [9.17, 15) is 4.79 Å². The van der Waals surface area contributed by atoms with Crippen LogP contribution in [0.1, 0.15) is 12.5 Å². The molecule has 0 unspecified atom stereocenters. The molecule has 2 aromatic carbocycles. The number of hydrogen-bond acceptors (Lipinski definition) is 5. The van der Waals surface area contributed by atoms with E-state index in [1.807, 2.05) is 48.5 Å². The van der Waals surface area contributed by atoms with Crippen LogP contribution >= 0.6 is 23.4 Å². The summed E-state index contributed by atoms with van der Waals surface area (Å²) >= 11 is 7.43. The topological polar surface area (TPSA) is 85.8 Å². The number of amides is 1. The third-order valence-electron chi connectivity index (χ3n) is 3.74. The van der Waals surface area contributed by atoms with Crippen molar-refractivity contribution < 1.29 is 4.79 Å². The van der Waals surface area contributed by atoms with Crippen LogP contribution < -0.4 is 11.2 Å². The molecule has 0 saturated heterocycles. The van der Waals surface area contributed by atoms with E-state index in [-0.39, 0.29) is 11.2 Å². The fourth-order valence-electron chi connectivity index (χ4n) is 2.32. The molecule has 0 aliphatic carbocycles. The average molecular weight is 388 g/mol. The molecule has 1 heterocycles. The number of nitrogens with two attached hydrogens (primary N) is 1. The van der Waals surface area contributed by atoms with Crippen molar-refractivity contribution in [1.82, 2.24) is 20.2 Å². The second-order valence-corrected chi connectivity index (χ2v) is 7.33. The maximum Gasteiger partial charge on any atom is 0.233 e. The van der Waals surface area contributed by atoms with Crippen LogP contribution in [0.2, 0.25) is 5.02 Å². The lowest BCUT2D eigenvalue weighted by Gasteiger charge is -2.11. The molecule has 0 saturated carbocycles. The summed E-state index contributed by atoms with van der Waals surface area (Å²) in [6.07, 6.45) is 0. The van der Waals surface area contributed by atoms with Crippen LogP contribution in [0.15, 0.2) is 59.8 Å². The highest BCUT2D eigenvalue weighted by molar-refractivity contribution is 8.00. The summed E-state index contributed by atoms with van der Waals surface area (Å²) in [6.45, 7) is 2.28. The monoisotopic (exact) mass is 387 g/mol. The van der Waals surface area contributed by atoms with Crippen LogP contribution in [0.5, 0.6) is 0 Å². The van der Waals surface area contributed by atoms with E-state index < -0.39 is 0 Å². The number of hydrogen-bond donors (Lipinski definition) is 2. The number of thioether (sulfide) groups is 1. The van der Waals surface area contributed by atoms with Crippen molar-refractivity contribution in [3.8, 4) is 11.4 Å². The molecule has 26 heavy (non-hydrogen) atoms. The maximum atomic E-state index is 12.3. The van der Waals surface area contributed by atoms with Crippen molar-refractivity contribution in [3.05, 3.63) is 65.2 Å². The standard InChI is InChI=1S/C18H18ClN5OS/c1-12(17(25)21-11-13-7-3-2-4-8-13)26-18-23-22-16(24(18)20)14-9-5-6-10-15(14)19/h2-10,12H,11,20H2,1H3,(H,21,25)/t12-/m0/s1. The van der Waals surface area contributed by atoms with Gasteiger partial charge in [-0.25, -0.2) is 4.68 Å². The smallest absolute Gasteiger partial charge is 0.233 e. The molecule has 0 aliphatic heterocycles. The van der Waals surface area contributed by atoms with Gasteiger partial charge in [0.25, 0.3) is 0 Å². The molecule has 0 aliphatic rings. The van der Waals surface area contributed by atoms with Gasteiger partial charge in [-0.15, -0.1) is 10.2 Å². The van der Waals surface area contributed by atoms with Crippen LogP contribution in [-0.4, -0.2) is 26.0 Å². The molecule has 6 nitrogen and oxygen atoms in total. The molecule has 0 fully saturated rings. The average Bonchev–Trinajstić information content (AvgIpc) is 3.01. The molecule has 1 atom stereocenters. The number of carbonyl (C=O) groups is 1. The number of halogens is 1. The Balaban J connectivity index is 1.65. The summed E-state index contributed by atoms with van der Waals surface area (Å²) in [7, 11) is 0. The highest BCUT2D eigenvalue weighted by Gasteiger charge is 2.20. The lowest BCUT2D eigenvalue weighted by atomic mass is 10.2. The first-order valence-corrected chi connectivity index (χ1v) is 9.25. The Labute approximate surface area is 160 Å². The van der Waals surface area contributed by atoms with E-state index in [1.165, 1.54) is 16.4 Å². The van der Waals surface area contributed by atoms with Crippen molar-refractivity contribution in [2.24, 2.45) is 0 Å². The number of nitrogens with one attached hydrogen (secondary N) is 1. The maximum absolute atomic E-state index is 12.3. The van der Waals surface area contributed by atoms with Gasteiger partial charge in [0.05, 0.1) is 10.3 Å². The lowest BCUT2D eigenvalue weighted by molar-refractivity contribution is -0.120. The Morgan fingerprint density at radius 2 is 1.88 bits per heavy atom. The molecule has 0 bridgehead atoms. The molecule has 3 aromatic rings. The van der Waals surface area contributed by atoms with Crippen molar-refractivity contribution >= 4 is 29.3 Å². The zero-order valence-electron chi connectivity index (χ0n) is 14.1. The summed E-state index contributed by atoms with van der Waals surface area (Å²) < 4.78 is 1.35. The normalized spacial score (nSPS) is 11.9. The Bertz CT molecular complexity index is 900. The van der Waals surface area contributed by atoms with Gasteiger partial charge in [0.2, 0.25) is 11.1 Å². The number of nitrogens with zero attached hydrogens (tertiary/aromatic N) is 3. The Kier molecular flexibility index (Phi) is 5.80. The van der Waals surface area contributed by atoms with Gasteiger partial charge in [0.1, 0.15) is 0 Å². The summed E-state index contributed by atoms with van der Waals surface area (Å²) in [5.41, 5.74) is 1.73. The molecule has 3 N–H and O–H groups in total. The number of aromatic nitrogens is 3. The van der Waals surface area contributed by atoms with Crippen LogP contribution in [0.4, 0.5) is 0 Å². The summed E-state index contributed by atoms with van der Waals surface area (Å²) in [4.78, 5) is 12.3. The number of carbonyl (C=O) groups excluding carboxylic acids is 1. The number of rotatable bonds is 6. The molecule has 3 rings (SSSR count). The molecule has 134 valence electrons. The van der Waals surface area contributed by atoms with E-state index >= 15 is 0 Å². The number of nitrogen functional groups attached to an aromatic ring is 1. The quantitative estimate of drug-likeness (QED) is 0.501. The molecular weight excluding hydrogens is 370 g/mol. The predicted molar refractivity (Wildman–Crippen MR) is 104 cm³/mol. The largest absolute Gasteiger partial charge is 0.351 e. The van der Waals surface area contributed by atoms with Gasteiger partial charge in [0, 0.05) is 12.1 Å². The number of benzene rings is 2. The van der Waals surface area contributed by atoms with Gasteiger partial charge in [0.15, 0.2) is 5.82 Å². The van der Waals surface area contributed by atoms with Crippen molar-refractivity contribution in [3.63, 3.8) is 0 Å². The van der Waals surface area contributed by atoms with Gasteiger partial charge in [-0.1, -0.05) is 65.8 Å². The van der Waals surface area contributed by atoms with Crippen molar-refractivity contribution in [1.29, 1.82) is 0 Å². The SMILES string of the molecule is C[C@H](Sc1nnc(-c2ccccc2Cl)n1N)C(=O)NCc1ccccc1. The molecule has 0 radical (unpaired) electrons. The summed E-state index contributed by atoms with van der Waals surface area (Å²) in [5.74, 6) is 6.46. The minimum Gasteiger partial charge on any atom is -0.351 e. The molecule has 8 heteroatoms. The highest BCUT2D eigenvalue weighted by Crippen LogP contribution is 2.28. The first-order chi connectivity index (χ1) is 12.6. The first kappa shape index (κ1) is 18.3. The van der Waals surface area contributed by atoms with Crippen molar-refractivity contribution in [2.45, 2.75) is 23.9 Å². The minimum absolute atomic E-state index is 0.0962. The first-order valence-electron chi connectivity index (χ1n) is 8.00. The zero-order chi connectivity index (χ0) is 18.5. The zero-order valence-corrected chi connectivity index (χ0v) is 15.7. The van der Waals surface area contributed by atoms with Crippen molar-refractivity contribution in [2.75, 3.05) is 5.84 Å². The van der Waals surface area contributed by atoms with Gasteiger partial charge in [-0.05, 0) is 24.6 Å². The van der Waals surface area contributed by atoms with Gasteiger partial charge >= 0.3 is 0 Å². The predicted octanol–water partition coefficient (Wildman–Crippen LogP) is 3.11. The molecular formula is C18H18ClN5OS. The summed E-state index contributed by atoms with van der Waals surface area (Å²) in [6, 6.07) is 17.0. The highest BCUT2D eigenvalue weighted by atomic mass is 35.5. The second-order valence-electron chi connectivity index (χ2n) is 5.62. The van der Waals surface area contributed by atoms with E-state index in [4.69, 9.17) is 17.4 Å². The van der Waals surface area contributed by atoms with Gasteiger partial charge in [-0.2, -0.15) is 0 Å². The summed E-state index contributed by atoms with van der Waals surface area (Å²) in [5, 5.41) is 11.7. The second kappa shape index (κ2) is 8.25. The van der Waals surface area contributed by atoms with E-state index in [0.717, 1.165) is 5.56 Å². The fraction of sp³-hybridized carbons (Fsp3) is 0.167. The van der Waals surface area contributed by atoms with Crippen LogP contribution in [0.25, 0.3) is 11.4 Å². The van der Waals surface area contributed by atoms with Crippen LogP contribution in [-0.2, 0) is 11.3 Å².